The van der Waals surface area contributed by atoms with Crippen LogP contribution in [0.2, 0.25) is 0 Å². The number of unbranched alkanes of at least 4 members (excludes halogenated alkanes) is 31. The Bertz CT molecular complexity index is 1690. The lowest BCUT2D eigenvalue weighted by Gasteiger charge is -2.18. The summed E-state index contributed by atoms with van der Waals surface area (Å²) in [5.74, 6) is -0.921. The second-order valence-corrected chi connectivity index (χ2v) is 22.7. The molecule has 0 fully saturated rings. The van der Waals surface area contributed by atoms with Crippen LogP contribution in [-0.4, -0.2) is 37.2 Å². The number of allylic oxidation sites excluding steroid dienone is 20. The van der Waals surface area contributed by atoms with Gasteiger partial charge in [0.25, 0.3) is 0 Å². The van der Waals surface area contributed by atoms with Gasteiger partial charge in [-0.2, -0.15) is 0 Å². The summed E-state index contributed by atoms with van der Waals surface area (Å²) in [5, 5.41) is 0. The van der Waals surface area contributed by atoms with Gasteiger partial charge in [-0.1, -0.05) is 290 Å². The van der Waals surface area contributed by atoms with Crippen molar-refractivity contribution < 1.29 is 28.6 Å². The first kappa shape index (κ1) is 77.8. The topological polar surface area (TPSA) is 78.9 Å². The fourth-order valence-electron chi connectivity index (χ4n) is 9.51. The number of carbonyl (C=O) groups is 3. The van der Waals surface area contributed by atoms with Crippen LogP contribution < -0.4 is 0 Å². The second kappa shape index (κ2) is 69.3. The van der Waals surface area contributed by atoms with Crippen molar-refractivity contribution in [1.29, 1.82) is 0 Å². The third kappa shape index (κ3) is 66.6. The standard InChI is InChI=1S/C76H128O6/c1-4-7-10-13-16-19-22-25-28-30-32-34-36-37-38-39-41-42-44-46-48-51-54-57-60-63-66-69-75(78)81-72-73(71-80-74(77)68-65-62-59-56-53-50-27-24-21-18-15-12-9-6-3)82-76(79)70-67-64-61-58-55-52-49-47-45-43-40-35-33-31-29-26-23-20-17-14-11-8-5-2/h8,11,17,20,22,24-27,29-30,32-33,35-37,43,45,49,52,73H,4-7,9-10,12-16,18-19,21,23,28,31,34,38-42,44,46-48,50-51,53-72H2,1-3H3/b11-8-,20-17-,25-22-,27-24-,29-26-,32-30-,35-33-,37-36-,45-43-,52-49-. The smallest absolute Gasteiger partial charge is 0.306 e. The molecule has 1 atom stereocenters. The van der Waals surface area contributed by atoms with Crippen LogP contribution in [0.4, 0.5) is 0 Å². The third-order valence-electron chi connectivity index (χ3n) is 14.7. The summed E-state index contributed by atoms with van der Waals surface area (Å²) in [6.07, 6.45) is 96.4. The van der Waals surface area contributed by atoms with Gasteiger partial charge >= 0.3 is 17.9 Å². The maximum absolute atomic E-state index is 12.9. The summed E-state index contributed by atoms with van der Waals surface area (Å²) in [6, 6.07) is 0. The predicted molar refractivity (Wildman–Crippen MR) is 357 cm³/mol. The molecule has 0 bridgehead atoms. The highest BCUT2D eigenvalue weighted by Crippen LogP contribution is 2.16. The lowest BCUT2D eigenvalue weighted by Crippen LogP contribution is -2.30. The van der Waals surface area contributed by atoms with E-state index in [4.69, 9.17) is 14.2 Å². The van der Waals surface area contributed by atoms with E-state index in [2.05, 4.69) is 142 Å². The molecule has 6 heteroatoms. The average Bonchev–Trinajstić information content (AvgIpc) is 3.47. The molecule has 0 aromatic heterocycles. The van der Waals surface area contributed by atoms with Crippen LogP contribution in [0.5, 0.6) is 0 Å². The Kier molecular flexibility index (Phi) is 65.8. The zero-order valence-electron chi connectivity index (χ0n) is 53.7. The number of hydrogen-bond acceptors (Lipinski definition) is 6. The molecule has 0 spiro atoms. The molecule has 0 radical (unpaired) electrons. The van der Waals surface area contributed by atoms with E-state index in [1.54, 1.807) is 0 Å². The Morgan fingerprint density at radius 3 is 0.756 bits per heavy atom. The van der Waals surface area contributed by atoms with Gasteiger partial charge in [-0.05, 0) is 135 Å². The molecular formula is C76H128O6. The Morgan fingerprint density at radius 2 is 0.476 bits per heavy atom. The molecule has 82 heavy (non-hydrogen) atoms. The molecule has 0 aromatic rings. The van der Waals surface area contributed by atoms with E-state index < -0.39 is 6.10 Å². The number of ether oxygens (including phenoxy) is 3. The lowest BCUT2D eigenvalue weighted by atomic mass is 10.0. The molecule has 0 heterocycles. The minimum atomic E-state index is -0.801. The van der Waals surface area contributed by atoms with E-state index in [-0.39, 0.29) is 31.1 Å². The highest BCUT2D eigenvalue weighted by molar-refractivity contribution is 5.71. The maximum Gasteiger partial charge on any atom is 0.306 e. The van der Waals surface area contributed by atoms with Crippen molar-refractivity contribution in [3.63, 3.8) is 0 Å². The Morgan fingerprint density at radius 1 is 0.256 bits per heavy atom. The van der Waals surface area contributed by atoms with Crippen LogP contribution in [0.25, 0.3) is 0 Å². The van der Waals surface area contributed by atoms with E-state index in [1.807, 2.05) is 0 Å². The molecule has 0 amide bonds. The Labute approximate surface area is 507 Å². The van der Waals surface area contributed by atoms with E-state index in [9.17, 15) is 14.4 Å². The molecule has 0 saturated carbocycles. The average molecular weight is 1140 g/mol. The molecule has 0 aliphatic heterocycles. The van der Waals surface area contributed by atoms with Crippen molar-refractivity contribution in [2.45, 2.75) is 329 Å². The fraction of sp³-hybridized carbons (Fsp3) is 0.697. The quantitative estimate of drug-likeness (QED) is 0.0261. The van der Waals surface area contributed by atoms with E-state index in [1.165, 1.54) is 154 Å². The predicted octanol–water partition coefficient (Wildman–Crippen LogP) is 23.9. The highest BCUT2D eigenvalue weighted by Gasteiger charge is 2.19. The van der Waals surface area contributed by atoms with Gasteiger partial charge in [0.2, 0.25) is 0 Å². The summed E-state index contributed by atoms with van der Waals surface area (Å²) in [6.45, 7) is 6.50. The minimum absolute atomic E-state index is 0.0934. The van der Waals surface area contributed by atoms with Crippen LogP contribution >= 0.6 is 0 Å². The SMILES string of the molecule is CC/C=C\C/C=C\C/C=C\C/C=C\C/C=C\C/C=C\CCCCCCC(=O)OC(COC(=O)CCCCCCC/C=C\CCCCCCC)COC(=O)CCCCCCCCCCCCCC/C=C\C/C=C\C/C=C\CCCCCCC. The summed E-state index contributed by atoms with van der Waals surface area (Å²) in [7, 11) is 0. The molecule has 0 saturated heterocycles. The van der Waals surface area contributed by atoms with Gasteiger partial charge in [-0.3, -0.25) is 14.4 Å². The Balaban J connectivity index is 4.38. The van der Waals surface area contributed by atoms with E-state index in [0.717, 1.165) is 128 Å². The van der Waals surface area contributed by atoms with Crippen LogP contribution in [-0.2, 0) is 28.6 Å². The number of hydrogen-bond donors (Lipinski definition) is 0. The maximum atomic E-state index is 12.9. The van der Waals surface area contributed by atoms with Gasteiger partial charge in [0.05, 0.1) is 0 Å². The zero-order chi connectivity index (χ0) is 59.2. The summed E-state index contributed by atoms with van der Waals surface area (Å²) in [4.78, 5) is 38.4. The molecule has 0 aliphatic carbocycles. The van der Waals surface area contributed by atoms with Crippen molar-refractivity contribution in [2.24, 2.45) is 0 Å². The van der Waals surface area contributed by atoms with Gasteiger partial charge in [0, 0.05) is 19.3 Å². The van der Waals surface area contributed by atoms with Crippen molar-refractivity contribution >= 4 is 17.9 Å². The van der Waals surface area contributed by atoms with Gasteiger partial charge < -0.3 is 14.2 Å². The first-order valence-electron chi connectivity index (χ1n) is 34.5. The second-order valence-electron chi connectivity index (χ2n) is 22.7. The monoisotopic (exact) mass is 1140 g/mol. The summed E-state index contributed by atoms with van der Waals surface area (Å²) in [5.41, 5.74) is 0. The van der Waals surface area contributed by atoms with Crippen LogP contribution in [0.3, 0.4) is 0 Å². The van der Waals surface area contributed by atoms with Crippen molar-refractivity contribution in [3.05, 3.63) is 122 Å². The van der Waals surface area contributed by atoms with E-state index >= 15 is 0 Å². The first-order chi connectivity index (χ1) is 40.5. The molecule has 6 nitrogen and oxygen atoms in total. The third-order valence-corrected chi connectivity index (χ3v) is 14.7. The highest BCUT2D eigenvalue weighted by atomic mass is 16.6. The fourth-order valence-corrected chi connectivity index (χ4v) is 9.51. The molecular weight excluding hydrogens is 1010 g/mol. The minimum Gasteiger partial charge on any atom is -0.462 e. The number of rotatable bonds is 62. The lowest BCUT2D eigenvalue weighted by molar-refractivity contribution is -0.167. The molecule has 0 aromatic carbocycles. The van der Waals surface area contributed by atoms with Crippen molar-refractivity contribution in [1.82, 2.24) is 0 Å². The molecule has 0 N–H and O–H groups in total. The Hall–Kier alpha value is -4.19. The van der Waals surface area contributed by atoms with Gasteiger partial charge in [0.15, 0.2) is 6.10 Å². The summed E-state index contributed by atoms with van der Waals surface area (Å²) >= 11 is 0. The number of carbonyl (C=O) groups excluding carboxylic acids is 3. The normalized spacial score (nSPS) is 12.9. The van der Waals surface area contributed by atoms with Crippen LogP contribution in [0.1, 0.15) is 323 Å². The first-order valence-corrected chi connectivity index (χ1v) is 34.5. The van der Waals surface area contributed by atoms with Crippen molar-refractivity contribution in [3.8, 4) is 0 Å². The molecule has 0 aliphatic rings. The van der Waals surface area contributed by atoms with Crippen LogP contribution in [0, 0.1) is 0 Å². The number of esters is 3. The van der Waals surface area contributed by atoms with Gasteiger partial charge in [-0.25, -0.2) is 0 Å². The van der Waals surface area contributed by atoms with E-state index in [0.29, 0.717) is 19.3 Å². The molecule has 0 rings (SSSR count). The van der Waals surface area contributed by atoms with Crippen molar-refractivity contribution in [2.75, 3.05) is 13.2 Å². The van der Waals surface area contributed by atoms with Crippen LogP contribution in [0.15, 0.2) is 122 Å². The zero-order valence-corrected chi connectivity index (χ0v) is 53.7. The molecule has 1 unspecified atom stereocenters. The van der Waals surface area contributed by atoms with Gasteiger partial charge in [-0.15, -0.1) is 0 Å². The largest absolute Gasteiger partial charge is 0.462 e. The summed E-state index contributed by atoms with van der Waals surface area (Å²) < 4.78 is 16.9. The molecule has 468 valence electrons. The van der Waals surface area contributed by atoms with Gasteiger partial charge in [0.1, 0.15) is 13.2 Å².